The minimum absolute atomic E-state index is 0.298. The Morgan fingerprint density at radius 3 is 3.05 bits per heavy atom. The van der Waals surface area contributed by atoms with Crippen LogP contribution in [0, 0.1) is 0 Å². The van der Waals surface area contributed by atoms with Crippen molar-refractivity contribution in [3.05, 3.63) is 21.9 Å². The smallest absolute Gasteiger partial charge is 0.237 e. The molecule has 0 unspecified atom stereocenters. The van der Waals surface area contributed by atoms with Gasteiger partial charge in [0.25, 0.3) is 0 Å². The molecule has 0 aromatic carbocycles. The molecule has 2 aliphatic rings. The molecule has 1 fully saturated rings. The number of hydrogen-bond donors (Lipinski definition) is 1. The maximum absolute atomic E-state index is 12.6. The zero-order valence-corrected chi connectivity index (χ0v) is 13.6. The summed E-state index contributed by atoms with van der Waals surface area (Å²) >= 11 is 1.82. The SMILES string of the molecule is CCN(CC(=O)N1CCc2sccc2C1)C1CCNCC1. The fraction of sp³-hybridized carbons (Fsp3) is 0.688. The zero-order chi connectivity index (χ0) is 14.7. The molecule has 0 radical (unpaired) electrons. The minimum atomic E-state index is 0.298. The fourth-order valence-electron chi connectivity index (χ4n) is 3.41. The largest absolute Gasteiger partial charge is 0.337 e. The van der Waals surface area contributed by atoms with Crippen molar-refractivity contribution in [2.45, 2.75) is 38.8 Å². The van der Waals surface area contributed by atoms with Gasteiger partial charge in [-0.1, -0.05) is 6.92 Å². The highest BCUT2D eigenvalue weighted by molar-refractivity contribution is 7.10. The molecule has 3 rings (SSSR count). The van der Waals surface area contributed by atoms with E-state index in [9.17, 15) is 4.79 Å². The first-order valence-electron chi connectivity index (χ1n) is 8.05. The lowest BCUT2D eigenvalue weighted by molar-refractivity contribution is -0.134. The van der Waals surface area contributed by atoms with Crippen LogP contribution in [0.3, 0.4) is 0 Å². The minimum Gasteiger partial charge on any atom is -0.337 e. The molecular weight excluding hydrogens is 282 g/mol. The molecule has 1 N–H and O–H groups in total. The molecule has 116 valence electrons. The van der Waals surface area contributed by atoms with E-state index in [4.69, 9.17) is 0 Å². The average Bonchev–Trinajstić information content (AvgIpc) is 3.00. The van der Waals surface area contributed by atoms with Gasteiger partial charge in [0.15, 0.2) is 0 Å². The standard InChI is InChI=1S/C16H25N3OS/c1-2-18(14-3-7-17-8-4-14)12-16(20)19-9-5-15-13(11-19)6-10-21-15/h6,10,14,17H,2-5,7-9,11-12H2,1H3. The number of amides is 1. The van der Waals surface area contributed by atoms with Crippen molar-refractivity contribution < 1.29 is 4.79 Å². The van der Waals surface area contributed by atoms with Gasteiger partial charge in [0.05, 0.1) is 6.54 Å². The van der Waals surface area contributed by atoms with Crippen LogP contribution in [0.4, 0.5) is 0 Å². The number of piperidine rings is 1. The van der Waals surface area contributed by atoms with Crippen LogP contribution >= 0.6 is 11.3 Å². The van der Waals surface area contributed by atoms with Crippen LogP contribution in [0.2, 0.25) is 0 Å². The van der Waals surface area contributed by atoms with Crippen molar-refractivity contribution >= 4 is 17.2 Å². The monoisotopic (exact) mass is 307 g/mol. The Morgan fingerprint density at radius 1 is 1.48 bits per heavy atom. The number of fused-ring (bicyclic) bond motifs is 1. The second-order valence-electron chi connectivity index (χ2n) is 5.98. The number of rotatable bonds is 4. The van der Waals surface area contributed by atoms with E-state index in [-0.39, 0.29) is 0 Å². The van der Waals surface area contributed by atoms with Gasteiger partial charge in [-0.05, 0) is 55.9 Å². The van der Waals surface area contributed by atoms with Crippen molar-refractivity contribution in [1.82, 2.24) is 15.1 Å². The Hall–Kier alpha value is -0.910. The van der Waals surface area contributed by atoms with Gasteiger partial charge in [0.1, 0.15) is 0 Å². The van der Waals surface area contributed by atoms with Crippen LogP contribution in [0.1, 0.15) is 30.2 Å². The molecule has 1 aromatic rings. The van der Waals surface area contributed by atoms with Crippen molar-refractivity contribution in [1.29, 1.82) is 0 Å². The van der Waals surface area contributed by atoms with Gasteiger partial charge in [0.2, 0.25) is 5.91 Å². The van der Waals surface area contributed by atoms with Gasteiger partial charge < -0.3 is 10.2 Å². The van der Waals surface area contributed by atoms with Gasteiger partial charge in [-0.25, -0.2) is 0 Å². The average molecular weight is 307 g/mol. The lowest BCUT2D eigenvalue weighted by Crippen LogP contribution is -2.48. The highest BCUT2D eigenvalue weighted by atomic mass is 32.1. The molecule has 0 bridgehead atoms. The molecule has 1 amide bonds. The number of carbonyl (C=O) groups is 1. The van der Waals surface area contributed by atoms with Crippen LogP contribution in [-0.4, -0.2) is 54.5 Å². The number of thiophene rings is 1. The third-order valence-electron chi connectivity index (χ3n) is 4.73. The predicted octanol–water partition coefficient (Wildman–Crippen LogP) is 1.71. The van der Waals surface area contributed by atoms with Crippen LogP contribution in [0.15, 0.2) is 11.4 Å². The summed E-state index contributed by atoms with van der Waals surface area (Å²) in [7, 11) is 0. The van der Waals surface area contributed by atoms with E-state index in [1.807, 2.05) is 16.2 Å². The summed E-state index contributed by atoms with van der Waals surface area (Å²) in [6, 6.07) is 2.74. The van der Waals surface area contributed by atoms with E-state index in [0.717, 1.165) is 52.0 Å². The number of nitrogens with one attached hydrogen (secondary N) is 1. The Bertz CT molecular complexity index is 482. The third-order valence-corrected chi connectivity index (χ3v) is 5.75. The molecule has 2 aliphatic heterocycles. The maximum atomic E-state index is 12.6. The molecule has 0 aliphatic carbocycles. The number of carbonyl (C=O) groups excluding carboxylic acids is 1. The van der Waals surface area contributed by atoms with Gasteiger partial charge in [-0.3, -0.25) is 9.69 Å². The molecule has 21 heavy (non-hydrogen) atoms. The second-order valence-corrected chi connectivity index (χ2v) is 6.98. The summed E-state index contributed by atoms with van der Waals surface area (Å²) in [6.07, 6.45) is 3.35. The van der Waals surface area contributed by atoms with E-state index in [1.165, 1.54) is 10.4 Å². The third kappa shape index (κ3) is 3.47. The lowest BCUT2D eigenvalue weighted by Gasteiger charge is -2.35. The predicted molar refractivity (Wildman–Crippen MR) is 86.6 cm³/mol. The first-order chi connectivity index (χ1) is 10.3. The van der Waals surface area contributed by atoms with Crippen molar-refractivity contribution in [2.75, 3.05) is 32.7 Å². The van der Waals surface area contributed by atoms with E-state index in [0.29, 0.717) is 18.5 Å². The fourth-order valence-corrected chi connectivity index (χ4v) is 4.30. The first-order valence-corrected chi connectivity index (χ1v) is 8.93. The maximum Gasteiger partial charge on any atom is 0.237 e. The Balaban J connectivity index is 1.57. The molecule has 0 spiro atoms. The second kappa shape index (κ2) is 6.90. The summed E-state index contributed by atoms with van der Waals surface area (Å²) < 4.78 is 0. The normalized spacial score (nSPS) is 19.8. The Labute approximate surface area is 131 Å². The Morgan fingerprint density at radius 2 is 2.29 bits per heavy atom. The Kier molecular flexibility index (Phi) is 4.93. The molecular formula is C16H25N3OS. The summed E-state index contributed by atoms with van der Waals surface area (Å²) in [4.78, 5) is 18.5. The molecule has 3 heterocycles. The number of likely N-dealkylation sites (N-methyl/N-ethyl adjacent to an activating group) is 1. The van der Waals surface area contributed by atoms with Crippen LogP contribution in [0.5, 0.6) is 0 Å². The van der Waals surface area contributed by atoms with Gasteiger partial charge >= 0.3 is 0 Å². The zero-order valence-electron chi connectivity index (χ0n) is 12.8. The number of hydrogen-bond acceptors (Lipinski definition) is 4. The molecule has 1 saturated heterocycles. The highest BCUT2D eigenvalue weighted by Crippen LogP contribution is 2.24. The van der Waals surface area contributed by atoms with E-state index in [1.54, 1.807) is 0 Å². The van der Waals surface area contributed by atoms with Crippen LogP contribution in [0.25, 0.3) is 0 Å². The quantitative estimate of drug-likeness (QED) is 0.920. The molecule has 0 saturated carbocycles. The van der Waals surface area contributed by atoms with Crippen molar-refractivity contribution in [3.8, 4) is 0 Å². The van der Waals surface area contributed by atoms with Gasteiger partial charge in [-0.2, -0.15) is 0 Å². The summed E-state index contributed by atoms with van der Waals surface area (Å²) in [5.74, 6) is 0.298. The summed E-state index contributed by atoms with van der Waals surface area (Å²) in [6.45, 7) is 7.57. The van der Waals surface area contributed by atoms with E-state index < -0.39 is 0 Å². The number of nitrogens with zero attached hydrogens (tertiary/aromatic N) is 2. The van der Waals surface area contributed by atoms with E-state index in [2.05, 4.69) is 28.6 Å². The van der Waals surface area contributed by atoms with E-state index >= 15 is 0 Å². The molecule has 0 atom stereocenters. The first kappa shape index (κ1) is 15.0. The highest BCUT2D eigenvalue weighted by Gasteiger charge is 2.26. The molecule has 1 aromatic heterocycles. The summed E-state index contributed by atoms with van der Waals surface area (Å²) in [5, 5.41) is 5.54. The lowest BCUT2D eigenvalue weighted by atomic mass is 10.0. The van der Waals surface area contributed by atoms with Crippen LogP contribution in [-0.2, 0) is 17.8 Å². The molecule has 5 heteroatoms. The summed E-state index contributed by atoms with van der Waals surface area (Å²) in [5.41, 5.74) is 1.35. The van der Waals surface area contributed by atoms with Crippen molar-refractivity contribution in [3.63, 3.8) is 0 Å². The van der Waals surface area contributed by atoms with Gasteiger partial charge in [0, 0.05) is 24.0 Å². The van der Waals surface area contributed by atoms with Crippen molar-refractivity contribution in [2.24, 2.45) is 0 Å². The van der Waals surface area contributed by atoms with Gasteiger partial charge in [-0.15, -0.1) is 11.3 Å². The molecule has 4 nitrogen and oxygen atoms in total. The topological polar surface area (TPSA) is 35.6 Å². The van der Waals surface area contributed by atoms with Crippen LogP contribution < -0.4 is 5.32 Å².